The van der Waals surface area contributed by atoms with Gasteiger partial charge in [0.15, 0.2) is 0 Å². The molecule has 1 aliphatic heterocycles. The van der Waals surface area contributed by atoms with Crippen molar-refractivity contribution in [1.29, 1.82) is 0 Å². The highest BCUT2D eigenvalue weighted by atomic mass is 79.9. The van der Waals surface area contributed by atoms with Gasteiger partial charge < -0.3 is 10.2 Å². The van der Waals surface area contributed by atoms with Gasteiger partial charge >= 0.3 is 0 Å². The Balaban J connectivity index is 1.63. The first-order valence-corrected chi connectivity index (χ1v) is 8.80. The summed E-state index contributed by atoms with van der Waals surface area (Å²) in [7, 11) is 0. The third kappa shape index (κ3) is 3.85. The molecule has 2 aromatic carbocycles. The largest absolute Gasteiger partial charge is 0.382 e. The zero-order chi connectivity index (χ0) is 16.9. The van der Waals surface area contributed by atoms with E-state index in [9.17, 15) is 4.79 Å². The van der Waals surface area contributed by atoms with Crippen LogP contribution < -0.4 is 5.32 Å². The van der Waals surface area contributed by atoms with Crippen molar-refractivity contribution >= 4 is 27.5 Å². The molecule has 1 aliphatic rings. The Morgan fingerprint density at radius 2 is 2.08 bits per heavy atom. The van der Waals surface area contributed by atoms with E-state index in [2.05, 4.69) is 33.3 Å². The van der Waals surface area contributed by atoms with Crippen LogP contribution in [-0.4, -0.2) is 17.7 Å². The van der Waals surface area contributed by atoms with Gasteiger partial charge in [-0.2, -0.15) is 0 Å². The van der Waals surface area contributed by atoms with E-state index in [1.807, 2.05) is 54.6 Å². The summed E-state index contributed by atoms with van der Waals surface area (Å²) in [6.07, 6.45) is 0.728. The minimum atomic E-state index is -0.572. The lowest BCUT2D eigenvalue weighted by Crippen LogP contribution is -2.37. The number of halogens is 1. The molecule has 0 aliphatic carbocycles. The lowest BCUT2D eigenvalue weighted by molar-refractivity contribution is -0.132. The van der Waals surface area contributed by atoms with Crippen LogP contribution in [0.3, 0.4) is 0 Å². The molecule has 2 atom stereocenters. The molecule has 0 aromatic heterocycles. The third-order valence-corrected chi connectivity index (χ3v) is 4.54. The number of carbonyl (C=O) groups excluding carboxylic acids is 1. The van der Waals surface area contributed by atoms with Crippen LogP contribution in [0, 0.1) is 0 Å². The van der Waals surface area contributed by atoms with E-state index in [-0.39, 0.29) is 11.9 Å². The normalized spacial score (nSPS) is 17.8. The Morgan fingerprint density at radius 3 is 2.79 bits per heavy atom. The van der Waals surface area contributed by atoms with Crippen molar-refractivity contribution in [1.82, 2.24) is 5.32 Å². The molecule has 24 heavy (non-hydrogen) atoms. The highest BCUT2D eigenvalue weighted by Crippen LogP contribution is 2.21. The first kappa shape index (κ1) is 16.7. The van der Waals surface area contributed by atoms with Gasteiger partial charge in [-0.1, -0.05) is 70.5 Å². The maximum atomic E-state index is 12.5. The molecule has 2 aromatic rings. The monoisotopic (exact) mass is 386 g/mol. The molecule has 0 bridgehead atoms. The number of hydrogen-bond acceptors (Lipinski definition) is 3. The number of rotatable bonds is 5. The first-order valence-electron chi connectivity index (χ1n) is 8.01. The van der Waals surface area contributed by atoms with Gasteiger partial charge in [-0.15, -0.1) is 0 Å². The van der Waals surface area contributed by atoms with Gasteiger partial charge in [0, 0.05) is 16.5 Å². The topological polar surface area (TPSA) is 50.7 Å². The molecule has 1 amide bonds. The molecule has 0 saturated heterocycles. The minimum Gasteiger partial charge on any atom is -0.382 e. The fourth-order valence-corrected chi connectivity index (χ4v) is 3.13. The smallest absolute Gasteiger partial charge is 0.264 e. The Bertz CT molecular complexity index is 746. The van der Waals surface area contributed by atoms with Gasteiger partial charge in [0.2, 0.25) is 6.10 Å². The molecule has 0 unspecified atom stereocenters. The lowest BCUT2D eigenvalue weighted by atomic mass is 10.0. The summed E-state index contributed by atoms with van der Waals surface area (Å²) in [6, 6.07) is 17.8. The van der Waals surface area contributed by atoms with E-state index in [0.717, 1.165) is 27.7 Å². The molecule has 1 heterocycles. The first-order chi connectivity index (χ1) is 11.7. The van der Waals surface area contributed by atoms with Gasteiger partial charge in [0.1, 0.15) is 0 Å². The molecule has 5 heteroatoms. The highest BCUT2D eigenvalue weighted by molar-refractivity contribution is 9.10. The highest BCUT2D eigenvalue weighted by Gasteiger charge is 2.30. The Kier molecular flexibility index (Phi) is 5.30. The van der Waals surface area contributed by atoms with Crippen molar-refractivity contribution in [3.8, 4) is 0 Å². The van der Waals surface area contributed by atoms with Crippen molar-refractivity contribution < 1.29 is 9.63 Å². The van der Waals surface area contributed by atoms with Gasteiger partial charge in [0.05, 0.1) is 11.8 Å². The fraction of sp³-hybridized carbons (Fsp3) is 0.263. The van der Waals surface area contributed by atoms with Crippen molar-refractivity contribution in [3.05, 3.63) is 70.2 Å². The Labute approximate surface area is 150 Å². The maximum Gasteiger partial charge on any atom is 0.264 e. The van der Waals surface area contributed by atoms with Crippen molar-refractivity contribution in [2.45, 2.75) is 31.9 Å². The number of hydrogen-bond donors (Lipinski definition) is 1. The van der Waals surface area contributed by atoms with E-state index in [0.29, 0.717) is 6.42 Å². The van der Waals surface area contributed by atoms with E-state index >= 15 is 0 Å². The summed E-state index contributed by atoms with van der Waals surface area (Å²) in [6.45, 7) is 2.05. The number of nitrogens with one attached hydrogen (secondary N) is 1. The molecule has 4 nitrogen and oxygen atoms in total. The molecule has 1 N–H and O–H groups in total. The van der Waals surface area contributed by atoms with Gasteiger partial charge in [-0.05, 0) is 24.1 Å². The minimum absolute atomic E-state index is 0.0165. The van der Waals surface area contributed by atoms with Crippen molar-refractivity contribution in [3.63, 3.8) is 0 Å². The SMILES string of the molecule is CC[C@H](NC(=O)[C@H]1CC(c2cccc(Br)c2)=NO1)c1ccccc1. The maximum absolute atomic E-state index is 12.5. The van der Waals surface area contributed by atoms with Crippen LogP contribution in [0.4, 0.5) is 0 Å². The van der Waals surface area contributed by atoms with Crippen LogP contribution in [0.25, 0.3) is 0 Å². The van der Waals surface area contributed by atoms with Gasteiger partial charge in [-0.25, -0.2) is 0 Å². The number of nitrogens with zero attached hydrogens (tertiary/aromatic N) is 1. The summed E-state index contributed by atoms with van der Waals surface area (Å²) in [5, 5.41) is 7.15. The summed E-state index contributed by atoms with van der Waals surface area (Å²) >= 11 is 3.45. The zero-order valence-electron chi connectivity index (χ0n) is 13.4. The number of oxime groups is 1. The van der Waals surface area contributed by atoms with Crippen LogP contribution >= 0.6 is 15.9 Å². The van der Waals surface area contributed by atoms with Crippen LogP contribution in [0.15, 0.2) is 64.2 Å². The van der Waals surface area contributed by atoms with Crippen LogP contribution in [-0.2, 0) is 9.63 Å². The molecular weight excluding hydrogens is 368 g/mol. The Hall–Kier alpha value is -2.14. The fourth-order valence-electron chi connectivity index (χ4n) is 2.73. The quantitative estimate of drug-likeness (QED) is 0.836. The van der Waals surface area contributed by atoms with Gasteiger partial charge in [-0.3, -0.25) is 4.79 Å². The second kappa shape index (κ2) is 7.62. The van der Waals surface area contributed by atoms with E-state index < -0.39 is 6.10 Å². The zero-order valence-corrected chi connectivity index (χ0v) is 15.0. The molecule has 0 fully saturated rings. The Morgan fingerprint density at radius 1 is 1.29 bits per heavy atom. The molecule has 0 spiro atoms. The lowest BCUT2D eigenvalue weighted by Gasteiger charge is -2.19. The van der Waals surface area contributed by atoms with Crippen LogP contribution in [0.2, 0.25) is 0 Å². The van der Waals surface area contributed by atoms with Crippen molar-refractivity contribution in [2.75, 3.05) is 0 Å². The molecule has 0 radical (unpaired) electrons. The predicted molar refractivity (Wildman–Crippen MR) is 97.8 cm³/mol. The second-order valence-corrected chi connectivity index (χ2v) is 6.64. The standard InChI is InChI=1S/C19H19BrN2O2/c1-2-16(13-7-4-3-5-8-13)21-19(23)18-12-17(22-24-18)14-9-6-10-15(20)11-14/h3-11,16,18H,2,12H2,1H3,(H,21,23)/t16-,18+/m0/s1. The summed E-state index contributed by atoms with van der Waals surface area (Å²) in [4.78, 5) is 17.9. The summed E-state index contributed by atoms with van der Waals surface area (Å²) < 4.78 is 0.978. The number of benzene rings is 2. The molecule has 3 rings (SSSR count). The average molecular weight is 387 g/mol. The summed E-state index contributed by atoms with van der Waals surface area (Å²) in [5.74, 6) is -0.126. The molecule has 124 valence electrons. The molecular formula is C19H19BrN2O2. The van der Waals surface area contributed by atoms with Crippen LogP contribution in [0.1, 0.15) is 36.9 Å². The summed E-state index contributed by atoms with van der Waals surface area (Å²) in [5.41, 5.74) is 2.86. The van der Waals surface area contributed by atoms with Gasteiger partial charge in [0.25, 0.3) is 5.91 Å². The van der Waals surface area contributed by atoms with Crippen molar-refractivity contribution in [2.24, 2.45) is 5.16 Å². The van der Waals surface area contributed by atoms with E-state index in [1.165, 1.54) is 0 Å². The average Bonchev–Trinajstić information content (AvgIpc) is 3.10. The third-order valence-electron chi connectivity index (χ3n) is 4.05. The number of carbonyl (C=O) groups is 1. The predicted octanol–water partition coefficient (Wildman–Crippen LogP) is 4.21. The second-order valence-electron chi connectivity index (χ2n) is 5.73. The van der Waals surface area contributed by atoms with E-state index in [4.69, 9.17) is 4.84 Å². The molecule has 0 saturated carbocycles. The number of amides is 1. The van der Waals surface area contributed by atoms with E-state index in [1.54, 1.807) is 0 Å². The van der Waals surface area contributed by atoms with Crippen LogP contribution in [0.5, 0.6) is 0 Å².